The summed E-state index contributed by atoms with van der Waals surface area (Å²) in [5.74, 6) is -1.58. The first-order chi connectivity index (χ1) is 15.4. The van der Waals surface area contributed by atoms with Crippen molar-refractivity contribution in [1.82, 2.24) is 4.90 Å². The standard InChI is InChI=1S/C24H25FN2O5/c1-26(2)10-3-11-27-21(15-4-7-17(25)8-5-15)20(23(29)24(27)30)22(28)16-6-9-18-19(14-16)32-13-12-31-18/h4-9,14,21,28H,3,10-13H2,1-2H3. The molecule has 1 saturated heterocycles. The highest BCUT2D eigenvalue weighted by molar-refractivity contribution is 6.46. The van der Waals surface area contributed by atoms with Crippen LogP contribution < -0.4 is 19.5 Å². The lowest BCUT2D eigenvalue weighted by molar-refractivity contribution is -0.858. The van der Waals surface area contributed by atoms with E-state index in [1.54, 1.807) is 12.1 Å². The van der Waals surface area contributed by atoms with Crippen molar-refractivity contribution in [3.63, 3.8) is 0 Å². The number of nitrogens with one attached hydrogen (secondary N) is 1. The second-order valence-electron chi connectivity index (χ2n) is 8.19. The number of hydrogen-bond donors (Lipinski definition) is 1. The molecule has 0 aliphatic carbocycles. The molecule has 4 rings (SSSR count). The predicted octanol–water partition coefficient (Wildman–Crippen LogP) is 0.356. The van der Waals surface area contributed by atoms with Gasteiger partial charge < -0.3 is 24.4 Å². The number of carbonyl (C=O) groups excluding carboxylic acids is 2. The van der Waals surface area contributed by atoms with Crippen LogP contribution in [0, 0.1) is 5.82 Å². The van der Waals surface area contributed by atoms with Gasteiger partial charge in [0.2, 0.25) is 5.78 Å². The molecule has 2 aromatic rings. The molecule has 0 radical (unpaired) electrons. The van der Waals surface area contributed by atoms with Crippen molar-refractivity contribution in [2.45, 2.75) is 12.5 Å². The van der Waals surface area contributed by atoms with Gasteiger partial charge in [0.25, 0.3) is 5.91 Å². The number of quaternary nitrogens is 1. The Morgan fingerprint density at radius 3 is 2.47 bits per heavy atom. The molecule has 0 saturated carbocycles. The molecular formula is C24H25FN2O5. The summed E-state index contributed by atoms with van der Waals surface area (Å²) in [4.78, 5) is 28.5. The number of carbonyl (C=O) groups is 2. The summed E-state index contributed by atoms with van der Waals surface area (Å²) in [6, 6.07) is 9.37. The normalized spacial score (nSPS) is 19.6. The number of halogens is 1. The second-order valence-corrected chi connectivity index (χ2v) is 8.19. The fraction of sp³-hybridized carbons (Fsp3) is 0.333. The lowest BCUT2D eigenvalue weighted by atomic mass is 9.95. The van der Waals surface area contributed by atoms with Crippen LogP contribution >= 0.6 is 0 Å². The molecule has 0 spiro atoms. The van der Waals surface area contributed by atoms with E-state index >= 15 is 0 Å². The Hall–Kier alpha value is -3.39. The first kappa shape index (κ1) is 21.8. The van der Waals surface area contributed by atoms with E-state index in [1.165, 1.54) is 40.1 Å². The number of rotatable bonds is 6. The maximum Gasteiger partial charge on any atom is 0.295 e. The van der Waals surface area contributed by atoms with Crippen LogP contribution in [0.2, 0.25) is 0 Å². The quantitative estimate of drug-likeness (QED) is 0.398. The fourth-order valence-corrected chi connectivity index (χ4v) is 4.04. The molecule has 2 aliphatic rings. The van der Waals surface area contributed by atoms with Crippen LogP contribution in [0.25, 0.3) is 5.76 Å². The summed E-state index contributed by atoms with van der Waals surface area (Å²) in [6.45, 7) is 1.88. The average Bonchev–Trinajstić information content (AvgIpc) is 3.03. The summed E-state index contributed by atoms with van der Waals surface area (Å²) in [5.41, 5.74) is 0.622. The second kappa shape index (κ2) is 9.00. The van der Waals surface area contributed by atoms with E-state index in [1.807, 2.05) is 14.1 Å². The van der Waals surface area contributed by atoms with Crippen LogP contribution in [0.15, 0.2) is 48.0 Å². The number of Topliss-reactive ketones (excluding diaryl/α,β-unsaturated/α-hetero) is 1. The topological polar surface area (TPSA) is 83.3 Å². The largest absolute Gasteiger partial charge is 0.872 e. The summed E-state index contributed by atoms with van der Waals surface area (Å²) >= 11 is 0. The Balaban J connectivity index is 1.77. The zero-order chi connectivity index (χ0) is 22.8. The van der Waals surface area contributed by atoms with Crippen LogP contribution in [0.1, 0.15) is 23.6 Å². The van der Waals surface area contributed by atoms with Crippen molar-refractivity contribution >= 4 is 17.4 Å². The van der Waals surface area contributed by atoms with Crippen molar-refractivity contribution in [3.8, 4) is 11.5 Å². The van der Waals surface area contributed by atoms with Crippen LogP contribution in [-0.4, -0.2) is 57.0 Å². The zero-order valence-corrected chi connectivity index (χ0v) is 18.0. The molecule has 2 aromatic carbocycles. The van der Waals surface area contributed by atoms with Gasteiger partial charge in [0, 0.05) is 18.5 Å². The van der Waals surface area contributed by atoms with Crippen LogP contribution in [0.3, 0.4) is 0 Å². The summed E-state index contributed by atoms with van der Waals surface area (Å²) in [7, 11) is 3.99. The van der Waals surface area contributed by atoms with E-state index in [0.717, 1.165) is 6.54 Å². The maximum atomic E-state index is 13.5. The number of benzene rings is 2. The van der Waals surface area contributed by atoms with E-state index in [-0.39, 0.29) is 11.1 Å². The fourth-order valence-electron chi connectivity index (χ4n) is 4.04. The predicted molar refractivity (Wildman–Crippen MR) is 113 cm³/mol. The summed E-state index contributed by atoms with van der Waals surface area (Å²) in [5, 5.41) is 13.5. The lowest BCUT2D eigenvalue weighted by Crippen LogP contribution is -3.05. The third kappa shape index (κ3) is 4.18. The van der Waals surface area contributed by atoms with Crippen molar-refractivity contribution in [2.24, 2.45) is 0 Å². The van der Waals surface area contributed by atoms with Crippen LogP contribution in [0.4, 0.5) is 4.39 Å². The minimum absolute atomic E-state index is 0.129. The molecule has 1 fully saturated rings. The highest BCUT2D eigenvalue weighted by atomic mass is 19.1. The lowest BCUT2D eigenvalue weighted by Gasteiger charge is -2.28. The van der Waals surface area contributed by atoms with E-state index in [4.69, 9.17) is 9.47 Å². The number of hydrogen-bond acceptors (Lipinski definition) is 5. The van der Waals surface area contributed by atoms with Gasteiger partial charge in [0.1, 0.15) is 19.0 Å². The van der Waals surface area contributed by atoms with Gasteiger partial charge in [-0.05, 0) is 35.4 Å². The smallest absolute Gasteiger partial charge is 0.295 e. The summed E-state index contributed by atoms with van der Waals surface area (Å²) < 4.78 is 24.6. The van der Waals surface area contributed by atoms with E-state index in [0.29, 0.717) is 43.2 Å². The molecule has 2 aliphatic heterocycles. The third-order valence-corrected chi connectivity index (χ3v) is 5.60. The first-order valence-electron chi connectivity index (χ1n) is 10.6. The van der Waals surface area contributed by atoms with E-state index in [9.17, 15) is 19.1 Å². The number of fused-ring (bicyclic) bond motifs is 1. The van der Waals surface area contributed by atoms with Gasteiger partial charge in [-0.3, -0.25) is 9.59 Å². The number of amides is 1. The summed E-state index contributed by atoms with van der Waals surface area (Å²) in [6.07, 6.45) is 0.657. The molecule has 1 unspecified atom stereocenters. The molecule has 168 valence electrons. The average molecular weight is 440 g/mol. The number of likely N-dealkylation sites (tertiary alicyclic amines) is 1. The minimum atomic E-state index is -0.867. The molecule has 7 nitrogen and oxygen atoms in total. The maximum absolute atomic E-state index is 13.5. The molecule has 1 amide bonds. The zero-order valence-electron chi connectivity index (χ0n) is 18.0. The molecular weight excluding hydrogens is 415 g/mol. The molecule has 1 N–H and O–H groups in total. The minimum Gasteiger partial charge on any atom is -0.872 e. The Morgan fingerprint density at radius 1 is 1.09 bits per heavy atom. The van der Waals surface area contributed by atoms with Crippen LogP contribution in [-0.2, 0) is 9.59 Å². The van der Waals surface area contributed by atoms with Gasteiger partial charge in [-0.2, -0.15) is 0 Å². The van der Waals surface area contributed by atoms with Crippen molar-refractivity contribution in [1.29, 1.82) is 0 Å². The van der Waals surface area contributed by atoms with E-state index in [2.05, 4.69) is 0 Å². The van der Waals surface area contributed by atoms with Crippen molar-refractivity contribution in [3.05, 3.63) is 65.0 Å². The Kier molecular flexibility index (Phi) is 6.14. The number of ether oxygens (including phenoxy) is 2. The van der Waals surface area contributed by atoms with Gasteiger partial charge in [-0.15, -0.1) is 0 Å². The highest BCUT2D eigenvalue weighted by Crippen LogP contribution is 2.40. The van der Waals surface area contributed by atoms with Gasteiger partial charge in [0.15, 0.2) is 11.5 Å². The Bertz CT molecular complexity index is 1060. The molecule has 8 heteroatoms. The Morgan fingerprint density at radius 2 is 1.78 bits per heavy atom. The van der Waals surface area contributed by atoms with Gasteiger partial charge in [-0.1, -0.05) is 24.0 Å². The van der Waals surface area contributed by atoms with Gasteiger partial charge in [-0.25, -0.2) is 4.39 Å². The molecule has 2 heterocycles. The van der Waals surface area contributed by atoms with Gasteiger partial charge >= 0.3 is 0 Å². The van der Waals surface area contributed by atoms with Gasteiger partial charge in [0.05, 0.1) is 26.7 Å². The third-order valence-electron chi connectivity index (χ3n) is 5.60. The van der Waals surface area contributed by atoms with Crippen molar-refractivity contribution < 1.29 is 33.5 Å². The Labute approximate surface area is 185 Å². The SMILES string of the molecule is C[NH+](C)CCCN1C(=O)C(=O)C(=C([O-])c2ccc3c(c2)OCCO3)C1c1ccc(F)cc1. The van der Waals surface area contributed by atoms with E-state index < -0.39 is 29.3 Å². The number of nitrogens with zero attached hydrogens (tertiary/aromatic N) is 1. The van der Waals surface area contributed by atoms with Crippen molar-refractivity contribution in [2.75, 3.05) is 40.4 Å². The number of ketones is 1. The molecule has 32 heavy (non-hydrogen) atoms. The first-order valence-corrected chi connectivity index (χ1v) is 10.6. The highest BCUT2D eigenvalue weighted by Gasteiger charge is 2.44. The molecule has 0 bridgehead atoms. The van der Waals surface area contributed by atoms with Crippen LogP contribution in [0.5, 0.6) is 11.5 Å². The monoisotopic (exact) mass is 440 g/mol. The molecule has 0 aromatic heterocycles. The molecule has 1 atom stereocenters.